The summed E-state index contributed by atoms with van der Waals surface area (Å²) in [5, 5.41) is 0. The zero-order chi connectivity index (χ0) is 11.3. The molecule has 0 aliphatic carbocycles. The Morgan fingerprint density at radius 1 is 1.47 bits per heavy atom. The lowest BCUT2D eigenvalue weighted by Gasteiger charge is -2.33. The van der Waals surface area contributed by atoms with Crippen molar-refractivity contribution >= 4 is 5.91 Å². The summed E-state index contributed by atoms with van der Waals surface area (Å²) in [6, 6.07) is 0. The number of rotatable bonds is 3. The molecule has 0 saturated carbocycles. The molecule has 1 amide bonds. The fraction of sp³-hybridized carbons (Fsp3) is 0.750. The van der Waals surface area contributed by atoms with Crippen molar-refractivity contribution in [3.63, 3.8) is 0 Å². The summed E-state index contributed by atoms with van der Waals surface area (Å²) >= 11 is 0. The second-order valence-electron chi connectivity index (χ2n) is 4.46. The van der Waals surface area contributed by atoms with E-state index in [0.717, 1.165) is 31.8 Å². The fourth-order valence-electron chi connectivity index (χ4n) is 2.04. The van der Waals surface area contributed by atoms with Gasteiger partial charge in [0.1, 0.15) is 6.67 Å². The number of alkyl halides is 1. The molecule has 1 aliphatic rings. The number of nitrogens with zero attached hydrogens (tertiary/aromatic N) is 1. The summed E-state index contributed by atoms with van der Waals surface area (Å²) < 4.78 is 11.8. The maximum atomic E-state index is 11.8. The average molecular weight is 213 g/mol. The summed E-state index contributed by atoms with van der Waals surface area (Å²) in [6.45, 7) is 5.53. The van der Waals surface area contributed by atoms with Crippen molar-refractivity contribution in [3.05, 3.63) is 12.2 Å². The number of carbonyl (C=O) groups is 1. The standard InChI is InChI=1S/C12H20FNO/c1-10(2)11-5-8-14(9-6-11)12(15)4-3-7-13/h3-4,10-11H,5-9H2,1-2H3/b4-3+. The molecule has 0 aromatic carbocycles. The van der Waals surface area contributed by atoms with E-state index in [1.807, 2.05) is 4.90 Å². The van der Waals surface area contributed by atoms with E-state index in [0.29, 0.717) is 5.92 Å². The zero-order valence-electron chi connectivity index (χ0n) is 9.58. The van der Waals surface area contributed by atoms with Crippen LogP contribution in [0.4, 0.5) is 4.39 Å². The Morgan fingerprint density at radius 3 is 2.53 bits per heavy atom. The predicted octanol–water partition coefficient (Wildman–Crippen LogP) is 2.41. The van der Waals surface area contributed by atoms with Crippen LogP contribution in [0, 0.1) is 11.8 Å². The van der Waals surface area contributed by atoms with Crippen molar-refractivity contribution in [1.82, 2.24) is 4.90 Å². The summed E-state index contributed by atoms with van der Waals surface area (Å²) in [5.41, 5.74) is 0. The van der Waals surface area contributed by atoms with Crippen molar-refractivity contribution in [2.45, 2.75) is 26.7 Å². The van der Waals surface area contributed by atoms with Crippen LogP contribution in [0.25, 0.3) is 0 Å². The molecule has 1 aliphatic heterocycles. The summed E-state index contributed by atoms with van der Waals surface area (Å²) in [6.07, 6.45) is 4.77. The van der Waals surface area contributed by atoms with Gasteiger partial charge in [-0.15, -0.1) is 0 Å². The normalized spacial score (nSPS) is 19.1. The second-order valence-corrected chi connectivity index (χ2v) is 4.46. The number of halogens is 1. The third kappa shape index (κ3) is 3.65. The van der Waals surface area contributed by atoms with Crippen LogP contribution in [-0.2, 0) is 4.79 Å². The number of amides is 1. The minimum Gasteiger partial charge on any atom is -0.339 e. The van der Waals surface area contributed by atoms with Crippen molar-refractivity contribution in [3.8, 4) is 0 Å². The minimum atomic E-state index is -0.561. The van der Waals surface area contributed by atoms with E-state index in [1.54, 1.807) is 0 Å². The lowest BCUT2D eigenvalue weighted by atomic mass is 9.87. The molecule has 2 nitrogen and oxygen atoms in total. The third-order valence-corrected chi connectivity index (χ3v) is 3.14. The number of allylic oxidation sites excluding steroid dienone is 1. The molecule has 0 aromatic heterocycles. The van der Waals surface area contributed by atoms with Gasteiger partial charge in [0.2, 0.25) is 5.91 Å². The van der Waals surface area contributed by atoms with Gasteiger partial charge in [0.15, 0.2) is 0 Å². The van der Waals surface area contributed by atoms with E-state index in [1.165, 1.54) is 12.2 Å². The van der Waals surface area contributed by atoms with Crippen LogP contribution < -0.4 is 0 Å². The van der Waals surface area contributed by atoms with Crippen LogP contribution in [-0.4, -0.2) is 30.6 Å². The lowest BCUT2D eigenvalue weighted by molar-refractivity contribution is -0.127. The average Bonchev–Trinajstić information content (AvgIpc) is 2.26. The monoisotopic (exact) mass is 213 g/mol. The highest BCUT2D eigenvalue weighted by Crippen LogP contribution is 2.24. The molecule has 1 heterocycles. The van der Waals surface area contributed by atoms with E-state index >= 15 is 0 Å². The molecule has 1 saturated heterocycles. The van der Waals surface area contributed by atoms with Gasteiger partial charge >= 0.3 is 0 Å². The van der Waals surface area contributed by atoms with Crippen LogP contribution >= 0.6 is 0 Å². The smallest absolute Gasteiger partial charge is 0.246 e. The van der Waals surface area contributed by atoms with Crippen LogP contribution in [0.1, 0.15) is 26.7 Å². The first-order chi connectivity index (χ1) is 7.15. The van der Waals surface area contributed by atoms with Crippen LogP contribution in [0.15, 0.2) is 12.2 Å². The maximum Gasteiger partial charge on any atom is 0.246 e. The molecule has 0 aromatic rings. The predicted molar refractivity (Wildman–Crippen MR) is 59.3 cm³/mol. The van der Waals surface area contributed by atoms with Gasteiger partial charge < -0.3 is 4.90 Å². The van der Waals surface area contributed by atoms with Crippen LogP contribution in [0.3, 0.4) is 0 Å². The van der Waals surface area contributed by atoms with Gasteiger partial charge in [0.25, 0.3) is 0 Å². The van der Waals surface area contributed by atoms with Gasteiger partial charge in [-0.1, -0.05) is 13.8 Å². The number of hydrogen-bond donors (Lipinski definition) is 0. The summed E-state index contributed by atoms with van der Waals surface area (Å²) in [4.78, 5) is 13.3. The number of piperidine rings is 1. The quantitative estimate of drug-likeness (QED) is 0.659. The SMILES string of the molecule is CC(C)C1CCN(C(=O)/C=C/CF)CC1. The van der Waals surface area contributed by atoms with Crippen LogP contribution in [0.5, 0.6) is 0 Å². The summed E-state index contributed by atoms with van der Waals surface area (Å²) in [7, 11) is 0. The van der Waals surface area contributed by atoms with Gasteiger partial charge in [0, 0.05) is 19.2 Å². The Kier molecular flexibility index (Phi) is 4.79. The molecule has 15 heavy (non-hydrogen) atoms. The third-order valence-electron chi connectivity index (χ3n) is 3.14. The van der Waals surface area contributed by atoms with Gasteiger partial charge in [-0.25, -0.2) is 4.39 Å². The highest BCUT2D eigenvalue weighted by atomic mass is 19.1. The molecule has 0 bridgehead atoms. The van der Waals surface area contributed by atoms with Crippen LogP contribution in [0.2, 0.25) is 0 Å². The molecule has 1 rings (SSSR count). The second kappa shape index (κ2) is 5.89. The molecule has 0 spiro atoms. The van der Waals surface area contributed by atoms with E-state index in [-0.39, 0.29) is 5.91 Å². The van der Waals surface area contributed by atoms with E-state index in [9.17, 15) is 9.18 Å². The Morgan fingerprint density at radius 2 is 2.07 bits per heavy atom. The number of hydrogen-bond acceptors (Lipinski definition) is 1. The minimum absolute atomic E-state index is 0.0464. The first-order valence-electron chi connectivity index (χ1n) is 5.66. The maximum absolute atomic E-state index is 11.8. The Balaban J connectivity index is 2.37. The molecular weight excluding hydrogens is 193 g/mol. The molecule has 1 fully saturated rings. The first kappa shape index (κ1) is 12.2. The Hall–Kier alpha value is -0.860. The highest BCUT2D eigenvalue weighted by molar-refractivity contribution is 5.87. The van der Waals surface area contributed by atoms with Gasteiger partial charge in [-0.3, -0.25) is 4.79 Å². The van der Waals surface area contributed by atoms with E-state index < -0.39 is 6.67 Å². The van der Waals surface area contributed by atoms with Gasteiger partial charge in [-0.05, 0) is 30.8 Å². The van der Waals surface area contributed by atoms with E-state index in [2.05, 4.69) is 13.8 Å². The fourth-order valence-corrected chi connectivity index (χ4v) is 2.04. The topological polar surface area (TPSA) is 20.3 Å². The van der Waals surface area contributed by atoms with Gasteiger partial charge in [0.05, 0.1) is 0 Å². The molecule has 0 radical (unpaired) electrons. The molecule has 0 atom stereocenters. The van der Waals surface area contributed by atoms with Crippen molar-refractivity contribution in [2.75, 3.05) is 19.8 Å². The molecule has 0 unspecified atom stereocenters. The number of likely N-dealkylation sites (tertiary alicyclic amines) is 1. The van der Waals surface area contributed by atoms with Crippen molar-refractivity contribution < 1.29 is 9.18 Å². The zero-order valence-corrected chi connectivity index (χ0v) is 9.58. The molecule has 3 heteroatoms. The lowest BCUT2D eigenvalue weighted by Crippen LogP contribution is -2.38. The molecule has 0 N–H and O–H groups in total. The number of carbonyl (C=O) groups excluding carboxylic acids is 1. The van der Waals surface area contributed by atoms with Gasteiger partial charge in [-0.2, -0.15) is 0 Å². The van der Waals surface area contributed by atoms with E-state index in [4.69, 9.17) is 0 Å². The Labute approximate surface area is 91.1 Å². The highest BCUT2D eigenvalue weighted by Gasteiger charge is 2.23. The molecule has 86 valence electrons. The van der Waals surface area contributed by atoms with Crippen molar-refractivity contribution in [2.24, 2.45) is 11.8 Å². The van der Waals surface area contributed by atoms with Crippen molar-refractivity contribution in [1.29, 1.82) is 0 Å². The summed E-state index contributed by atoms with van der Waals surface area (Å²) in [5.74, 6) is 1.39. The largest absolute Gasteiger partial charge is 0.339 e. The Bertz CT molecular complexity index is 230. The first-order valence-corrected chi connectivity index (χ1v) is 5.66. The molecular formula is C12H20FNO.